The van der Waals surface area contributed by atoms with Gasteiger partial charge in [-0.05, 0) is 211 Å². The molecule has 2 N–H and O–H groups in total. The van der Waals surface area contributed by atoms with Crippen molar-refractivity contribution in [3.8, 4) is 0 Å². The molecule has 16 aliphatic rings. The van der Waals surface area contributed by atoms with Crippen LogP contribution in [0.1, 0.15) is 157 Å². The molecule has 13 unspecified atom stereocenters. The van der Waals surface area contributed by atoms with Crippen molar-refractivity contribution in [2.45, 2.75) is 192 Å². The lowest BCUT2D eigenvalue weighted by Crippen LogP contribution is -2.61. The van der Waals surface area contributed by atoms with Crippen LogP contribution in [-0.4, -0.2) is 110 Å². The molecular weight excluding hydrogens is 989 g/mol. The van der Waals surface area contributed by atoms with Gasteiger partial charge in [-0.2, -0.15) is 0 Å². The monoisotopic (exact) mass is 1080 g/mol. The number of Topliss-reactive ketones (excluding diaryl/α,β-unsaturated/α-hetero) is 2. The highest BCUT2D eigenvalue weighted by Crippen LogP contribution is 2.63. The summed E-state index contributed by atoms with van der Waals surface area (Å²) in [6, 6.07) is 0. The molecule has 16 bridgehead atoms. The van der Waals surface area contributed by atoms with Crippen molar-refractivity contribution in [3.05, 3.63) is 0 Å². The lowest BCUT2D eigenvalue weighted by molar-refractivity contribution is -0.204. The van der Waals surface area contributed by atoms with Gasteiger partial charge >= 0.3 is 0 Å². The van der Waals surface area contributed by atoms with Crippen molar-refractivity contribution in [1.29, 1.82) is 0 Å². The first-order valence-corrected chi connectivity index (χ1v) is 29.3. The molecule has 16 fully saturated rings. The number of rotatable bonds is 17. The van der Waals surface area contributed by atoms with Gasteiger partial charge in [-0.1, -0.05) is 6.92 Å². The van der Waals surface area contributed by atoms with E-state index in [-0.39, 0.29) is 46.8 Å². The molecule has 13 atom stereocenters. The molecule has 0 aliphatic heterocycles. The molecule has 16 aliphatic carbocycles. The number of carbonyl (C=O) groups excluding carboxylic acids is 2. The number of hydrogen-bond donors (Lipinski definition) is 2. The van der Waals surface area contributed by atoms with Crippen molar-refractivity contribution in [2.75, 3.05) is 52.9 Å². The second-order valence-electron chi connectivity index (χ2n) is 28.1. The predicted molar refractivity (Wildman–Crippen MR) is 265 cm³/mol. The number of halogens is 8. The largest absolute Gasteiger partial charge is 0.390 e. The first-order chi connectivity index (χ1) is 34.9. The highest BCUT2D eigenvalue weighted by atomic mass is 19.3. The van der Waals surface area contributed by atoms with Crippen LogP contribution in [0.4, 0.5) is 35.1 Å². The van der Waals surface area contributed by atoms with Crippen molar-refractivity contribution >= 4 is 11.6 Å². The van der Waals surface area contributed by atoms with Crippen molar-refractivity contribution in [3.63, 3.8) is 0 Å². The van der Waals surface area contributed by atoms with E-state index in [0.717, 1.165) is 136 Å². The lowest BCUT2D eigenvalue weighted by Gasteiger charge is -2.61. The zero-order valence-electron chi connectivity index (χ0n) is 45.6. The first kappa shape index (κ1) is 58.2. The van der Waals surface area contributed by atoms with Gasteiger partial charge in [0.15, 0.2) is 0 Å². The van der Waals surface area contributed by atoms with E-state index < -0.39 is 61.3 Å². The van der Waals surface area contributed by atoms with Crippen molar-refractivity contribution < 1.29 is 73.9 Å². The van der Waals surface area contributed by atoms with Gasteiger partial charge < -0.3 is 29.2 Å². The zero-order chi connectivity index (χ0) is 54.3. The minimum absolute atomic E-state index is 0.0235. The maximum atomic E-state index is 12.8. The van der Waals surface area contributed by atoms with Gasteiger partial charge in [0, 0.05) is 51.4 Å². The van der Waals surface area contributed by atoms with E-state index >= 15 is 0 Å². The number of ether oxygens (including phenoxy) is 4. The minimum Gasteiger partial charge on any atom is -0.390 e. The van der Waals surface area contributed by atoms with Gasteiger partial charge in [-0.3, -0.25) is 9.59 Å². The lowest BCUT2D eigenvalue weighted by atomic mass is 9.46. The van der Waals surface area contributed by atoms with Crippen LogP contribution in [0.2, 0.25) is 0 Å². The van der Waals surface area contributed by atoms with Crippen LogP contribution in [0.3, 0.4) is 0 Å². The molecule has 430 valence electrons. The molecule has 16 rings (SSSR count). The average molecular weight is 1080 g/mol. The molecule has 0 amide bonds. The highest BCUT2D eigenvalue weighted by molar-refractivity contribution is 5.86. The van der Waals surface area contributed by atoms with Gasteiger partial charge in [-0.15, -0.1) is 0 Å². The van der Waals surface area contributed by atoms with Crippen LogP contribution in [0, 0.1) is 112 Å². The Morgan fingerprint density at radius 3 is 1.44 bits per heavy atom. The number of ketones is 2. The first-order valence-electron chi connectivity index (χ1n) is 29.3. The quantitative estimate of drug-likeness (QED) is 0.139. The van der Waals surface area contributed by atoms with E-state index in [0.29, 0.717) is 97.2 Å². The summed E-state index contributed by atoms with van der Waals surface area (Å²) in [6.45, 7) is 7.21. The van der Waals surface area contributed by atoms with Crippen LogP contribution in [0.25, 0.3) is 0 Å². The van der Waals surface area contributed by atoms with Crippen molar-refractivity contribution in [1.82, 2.24) is 0 Å². The molecule has 0 saturated heterocycles. The fourth-order valence-corrected chi connectivity index (χ4v) is 19.2. The summed E-state index contributed by atoms with van der Waals surface area (Å²) in [5.74, 6) is -2.63. The standard InChI is InChI=1S/C16H26F2O2.C15H24F2O2.2C14H20F2O2/c1-3-16(19)12-4-10-5-13(16)7-11(6-12)14(10)8-20-9-15(2,17)18;1-14(16,17)8-19-7-12-10-3-9-4-11(6-10)15(2,18)13(12)5-9;1-13(15,16)7-18-8-14-4-9-2-10(5-14)12(17)11(3-9)6-14;1-14(15,16)7-18-6-12-9-2-8-3-10(5-9)13(17)11(12)4-8/h10-14,19H,3-9H2,1-2H3;9-13,18H,3-8H2,1-2H3;9-11H,2-8H2,1H3;8-12H,2-7H2,1H3. The molecule has 0 aromatic heterocycles. The van der Waals surface area contributed by atoms with Gasteiger partial charge in [0.2, 0.25) is 0 Å². The Morgan fingerprint density at radius 2 is 0.920 bits per heavy atom. The summed E-state index contributed by atoms with van der Waals surface area (Å²) in [4.78, 5) is 24.1. The summed E-state index contributed by atoms with van der Waals surface area (Å²) in [5, 5.41) is 21.6. The van der Waals surface area contributed by atoms with Gasteiger partial charge in [0.05, 0.1) is 37.6 Å². The number of alkyl halides is 8. The predicted octanol–water partition coefficient (Wildman–Crippen LogP) is 12.5. The third-order valence-electron chi connectivity index (χ3n) is 21.9. The molecule has 0 radical (unpaired) electrons. The molecule has 0 aromatic rings. The number of aliphatic hydroxyl groups is 2. The maximum Gasteiger partial charge on any atom is 0.268 e. The van der Waals surface area contributed by atoms with E-state index in [9.17, 15) is 54.9 Å². The minimum atomic E-state index is -2.77. The smallest absolute Gasteiger partial charge is 0.268 e. The van der Waals surface area contributed by atoms with Gasteiger partial charge in [-0.25, -0.2) is 35.1 Å². The molecule has 0 heterocycles. The summed E-state index contributed by atoms with van der Waals surface area (Å²) >= 11 is 0. The third-order valence-corrected chi connectivity index (χ3v) is 21.9. The van der Waals surface area contributed by atoms with Crippen LogP contribution < -0.4 is 0 Å². The Balaban J connectivity index is 0.000000123. The molecule has 16 saturated carbocycles. The Labute approximate surface area is 441 Å². The van der Waals surface area contributed by atoms with Crippen LogP contribution in [0.5, 0.6) is 0 Å². The van der Waals surface area contributed by atoms with E-state index in [1.165, 1.54) is 12.8 Å². The van der Waals surface area contributed by atoms with Gasteiger partial charge in [0.25, 0.3) is 23.7 Å². The zero-order valence-corrected chi connectivity index (χ0v) is 45.6. The number of hydrogen-bond acceptors (Lipinski definition) is 8. The maximum absolute atomic E-state index is 12.8. The van der Waals surface area contributed by atoms with E-state index in [4.69, 9.17) is 18.9 Å². The Bertz CT molecular complexity index is 1930. The number of carbonyl (C=O) groups is 2. The van der Waals surface area contributed by atoms with Crippen LogP contribution >= 0.6 is 0 Å². The van der Waals surface area contributed by atoms with E-state index in [1.54, 1.807) is 0 Å². The third kappa shape index (κ3) is 13.2. The Hall–Kier alpha value is -1.46. The van der Waals surface area contributed by atoms with Gasteiger partial charge in [0.1, 0.15) is 38.0 Å². The fourth-order valence-electron chi connectivity index (χ4n) is 19.2. The molecular formula is C59H90F8O8. The topological polar surface area (TPSA) is 112 Å². The Kier molecular flexibility index (Phi) is 16.9. The summed E-state index contributed by atoms with van der Waals surface area (Å²) in [5.41, 5.74) is -1.04. The highest BCUT2D eigenvalue weighted by Gasteiger charge is 2.61. The van der Waals surface area contributed by atoms with E-state index in [2.05, 4.69) is 6.92 Å². The average Bonchev–Trinajstić information content (AvgIpc) is 3.28. The second kappa shape index (κ2) is 21.8. The van der Waals surface area contributed by atoms with Crippen LogP contribution in [0.15, 0.2) is 0 Å². The summed E-state index contributed by atoms with van der Waals surface area (Å²) < 4.78 is 123. The van der Waals surface area contributed by atoms with Crippen molar-refractivity contribution in [2.24, 2.45) is 112 Å². The molecule has 0 spiro atoms. The van der Waals surface area contributed by atoms with E-state index in [1.807, 2.05) is 6.92 Å². The second-order valence-corrected chi connectivity index (χ2v) is 28.1. The van der Waals surface area contributed by atoms with Crippen LogP contribution in [-0.2, 0) is 28.5 Å². The Morgan fingerprint density at radius 1 is 0.480 bits per heavy atom. The molecule has 8 nitrogen and oxygen atoms in total. The fraction of sp³-hybridized carbons (Fsp3) is 0.966. The molecule has 16 heteroatoms. The summed E-state index contributed by atoms with van der Waals surface area (Å²) in [6.07, 6.45) is 18.6. The summed E-state index contributed by atoms with van der Waals surface area (Å²) in [7, 11) is 0. The SMILES string of the molecule is CC(F)(F)COCC12CC3CC(C1)C(=O)C(C3)C2.CC(F)(F)COCC1C2CC3CC(C2)C(=O)C1C3.CC(F)(F)COCC1C2CC3CC(C2)C(C)(O)C1C3.CCC1(O)C2CC3CC1CC(C2)C3COCC(C)(F)F. The normalized spacial score (nSPS) is 45.3. The molecule has 75 heavy (non-hydrogen) atoms. The molecule has 0 aromatic carbocycles.